The van der Waals surface area contributed by atoms with E-state index in [0.717, 1.165) is 43.0 Å². The van der Waals surface area contributed by atoms with Crippen LogP contribution in [0, 0.1) is 19.8 Å². The lowest BCUT2D eigenvalue weighted by molar-refractivity contribution is -0.121. The van der Waals surface area contributed by atoms with Gasteiger partial charge in [-0.05, 0) is 46.1 Å². The summed E-state index contributed by atoms with van der Waals surface area (Å²) >= 11 is 1.53. The van der Waals surface area contributed by atoms with E-state index in [1.807, 2.05) is 25.5 Å². The smallest absolute Gasteiger partial charge is 0.243 e. The number of likely N-dealkylation sites (tertiary alicyclic amines) is 1. The number of carbonyl (C=O) groups excluding carboxylic acids is 1. The average molecular weight is 348 g/mol. The van der Waals surface area contributed by atoms with Crippen LogP contribution in [-0.4, -0.2) is 49.7 Å². The van der Waals surface area contributed by atoms with Gasteiger partial charge >= 0.3 is 0 Å². The third-order valence-corrected chi connectivity index (χ3v) is 5.64. The van der Waals surface area contributed by atoms with Crippen molar-refractivity contribution < 1.29 is 4.79 Å². The van der Waals surface area contributed by atoms with Crippen LogP contribution in [0.5, 0.6) is 0 Å². The molecule has 0 unspecified atom stereocenters. The third-order valence-electron chi connectivity index (χ3n) is 4.65. The topological polar surface area (TPSA) is 75.9 Å². The molecule has 1 aliphatic rings. The Morgan fingerprint density at radius 3 is 3.00 bits per heavy atom. The quantitative estimate of drug-likeness (QED) is 0.895. The molecule has 3 heterocycles. The highest BCUT2D eigenvalue weighted by Gasteiger charge is 2.28. The first-order valence-electron chi connectivity index (χ1n) is 8.34. The lowest BCUT2D eigenvalue weighted by atomic mass is 9.96. The van der Waals surface area contributed by atoms with Crippen molar-refractivity contribution in [1.82, 2.24) is 24.6 Å². The molecule has 2 atom stereocenters. The Labute approximate surface area is 146 Å². The molecule has 0 aromatic carbocycles. The van der Waals surface area contributed by atoms with Crippen molar-refractivity contribution in [1.29, 1.82) is 0 Å². The van der Waals surface area contributed by atoms with Gasteiger partial charge in [-0.3, -0.25) is 14.4 Å². The fraction of sp³-hybridized carbons (Fsp3) is 0.625. The zero-order chi connectivity index (χ0) is 17.1. The number of carbonyl (C=O) groups is 1. The number of piperidine rings is 1. The third kappa shape index (κ3) is 3.99. The zero-order valence-electron chi connectivity index (χ0n) is 14.4. The number of thiazole rings is 1. The van der Waals surface area contributed by atoms with E-state index in [0.29, 0.717) is 11.0 Å². The Morgan fingerprint density at radius 1 is 1.50 bits per heavy atom. The molecule has 0 saturated carbocycles. The Kier molecular flexibility index (Phi) is 5.25. The van der Waals surface area contributed by atoms with Crippen LogP contribution in [0.1, 0.15) is 30.3 Å². The van der Waals surface area contributed by atoms with Crippen molar-refractivity contribution in [2.75, 3.05) is 18.4 Å². The fourth-order valence-corrected chi connectivity index (χ4v) is 3.91. The predicted octanol–water partition coefficient (Wildman–Crippen LogP) is 2.09. The molecule has 0 radical (unpaired) electrons. The second kappa shape index (κ2) is 7.40. The summed E-state index contributed by atoms with van der Waals surface area (Å²) in [5.41, 5.74) is 0.980. The molecule has 3 rings (SSSR count). The van der Waals surface area contributed by atoms with Crippen LogP contribution in [0.4, 0.5) is 5.13 Å². The molecule has 2 aromatic heterocycles. The predicted molar refractivity (Wildman–Crippen MR) is 94.0 cm³/mol. The molecule has 0 bridgehead atoms. The number of hydrogen-bond acceptors (Lipinski definition) is 6. The molecular weight excluding hydrogens is 324 g/mol. The van der Waals surface area contributed by atoms with Crippen LogP contribution in [0.15, 0.2) is 12.7 Å². The molecule has 2 aromatic rings. The summed E-state index contributed by atoms with van der Waals surface area (Å²) in [5.74, 6) is 0.519. The van der Waals surface area contributed by atoms with Crippen LogP contribution < -0.4 is 5.32 Å². The summed E-state index contributed by atoms with van der Waals surface area (Å²) in [6.07, 6.45) is 5.58. The van der Waals surface area contributed by atoms with Crippen molar-refractivity contribution in [2.24, 2.45) is 5.92 Å². The molecule has 1 saturated heterocycles. The van der Waals surface area contributed by atoms with Gasteiger partial charge in [-0.2, -0.15) is 5.10 Å². The van der Waals surface area contributed by atoms with Crippen molar-refractivity contribution in [3.63, 3.8) is 0 Å². The number of rotatable bonds is 5. The summed E-state index contributed by atoms with van der Waals surface area (Å²) < 4.78 is 1.88. The summed E-state index contributed by atoms with van der Waals surface area (Å²) in [5, 5.41) is 7.84. The lowest BCUT2D eigenvalue weighted by Gasteiger charge is -2.35. The van der Waals surface area contributed by atoms with Gasteiger partial charge in [0.05, 0.1) is 11.7 Å². The van der Waals surface area contributed by atoms with E-state index in [1.165, 1.54) is 11.3 Å². The monoisotopic (exact) mass is 348 g/mol. The minimum Gasteiger partial charge on any atom is -0.301 e. The molecule has 130 valence electrons. The minimum atomic E-state index is -0.159. The van der Waals surface area contributed by atoms with Gasteiger partial charge in [-0.25, -0.2) is 9.97 Å². The summed E-state index contributed by atoms with van der Waals surface area (Å²) in [6, 6.07) is -0.159. The first-order chi connectivity index (χ1) is 11.5. The first-order valence-corrected chi connectivity index (χ1v) is 9.16. The number of hydrogen-bond donors (Lipinski definition) is 1. The first kappa shape index (κ1) is 17.0. The summed E-state index contributed by atoms with van der Waals surface area (Å²) in [7, 11) is 0. The Morgan fingerprint density at radius 2 is 2.33 bits per heavy atom. The van der Waals surface area contributed by atoms with Crippen LogP contribution in [0.3, 0.4) is 0 Å². The summed E-state index contributed by atoms with van der Waals surface area (Å²) in [6.45, 7) is 8.68. The van der Waals surface area contributed by atoms with Gasteiger partial charge in [-0.15, -0.1) is 11.3 Å². The molecule has 1 fully saturated rings. The maximum atomic E-state index is 12.5. The molecule has 0 spiro atoms. The number of anilines is 1. The van der Waals surface area contributed by atoms with E-state index in [4.69, 9.17) is 0 Å². The SMILES string of the molecule is Cc1nc(NC(=O)[C@H](C)N2CCC[C@H](Cn3cncn3)C2)sc1C. The summed E-state index contributed by atoms with van der Waals surface area (Å²) in [4.78, 5) is 24.3. The van der Waals surface area contributed by atoms with E-state index in [2.05, 4.69) is 25.3 Å². The van der Waals surface area contributed by atoms with Crippen molar-refractivity contribution >= 4 is 22.4 Å². The molecule has 24 heavy (non-hydrogen) atoms. The Bertz CT molecular complexity index is 663. The molecule has 1 amide bonds. The Hall–Kier alpha value is -1.80. The van der Waals surface area contributed by atoms with Crippen molar-refractivity contribution in [3.8, 4) is 0 Å². The fourth-order valence-electron chi connectivity index (χ4n) is 3.09. The number of nitrogens with one attached hydrogen (secondary N) is 1. The second-order valence-electron chi connectivity index (χ2n) is 6.45. The van der Waals surface area contributed by atoms with E-state index < -0.39 is 0 Å². The van der Waals surface area contributed by atoms with Gasteiger partial charge < -0.3 is 5.32 Å². The van der Waals surface area contributed by atoms with Gasteiger partial charge in [0.2, 0.25) is 5.91 Å². The standard InChI is InChI=1S/C16H24N6OS/c1-11-13(3)24-16(19-11)20-15(23)12(2)21-6-4-5-14(7-21)8-22-10-17-9-18-22/h9-10,12,14H,4-8H2,1-3H3,(H,19,20,23)/t12-,14-/m0/s1. The molecule has 8 heteroatoms. The lowest BCUT2D eigenvalue weighted by Crippen LogP contribution is -2.47. The largest absolute Gasteiger partial charge is 0.301 e. The zero-order valence-corrected chi connectivity index (χ0v) is 15.2. The normalized spacial score (nSPS) is 20.0. The molecule has 0 aliphatic carbocycles. The maximum Gasteiger partial charge on any atom is 0.243 e. The Balaban J connectivity index is 1.56. The molecule has 7 nitrogen and oxygen atoms in total. The van der Waals surface area contributed by atoms with E-state index in [1.54, 1.807) is 12.7 Å². The maximum absolute atomic E-state index is 12.5. The van der Waals surface area contributed by atoms with Gasteiger partial charge in [0.1, 0.15) is 12.7 Å². The number of aromatic nitrogens is 4. The highest BCUT2D eigenvalue weighted by Crippen LogP contribution is 2.23. The highest BCUT2D eigenvalue weighted by atomic mass is 32.1. The van der Waals surface area contributed by atoms with Gasteiger partial charge in [-0.1, -0.05) is 0 Å². The van der Waals surface area contributed by atoms with E-state index >= 15 is 0 Å². The number of nitrogens with zero attached hydrogens (tertiary/aromatic N) is 5. The van der Waals surface area contributed by atoms with Crippen LogP contribution in [0.25, 0.3) is 0 Å². The van der Waals surface area contributed by atoms with E-state index in [-0.39, 0.29) is 11.9 Å². The van der Waals surface area contributed by atoms with Crippen LogP contribution in [0.2, 0.25) is 0 Å². The number of amides is 1. The molecule has 1 aliphatic heterocycles. The van der Waals surface area contributed by atoms with Crippen LogP contribution in [-0.2, 0) is 11.3 Å². The minimum absolute atomic E-state index is 0.0187. The van der Waals surface area contributed by atoms with Crippen molar-refractivity contribution in [2.45, 2.75) is 46.2 Å². The molecule has 1 N–H and O–H groups in total. The van der Waals surface area contributed by atoms with Gasteiger partial charge in [0.15, 0.2) is 5.13 Å². The molecular formula is C16H24N6OS. The average Bonchev–Trinajstić information content (AvgIpc) is 3.17. The number of aryl methyl sites for hydroxylation is 2. The second-order valence-corrected chi connectivity index (χ2v) is 7.65. The van der Waals surface area contributed by atoms with Gasteiger partial charge in [0, 0.05) is 18.0 Å². The van der Waals surface area contributed by atoms with Gasteiger partial charge in [0.25, 0.3) is 0 Å². The van der Waals surface area contributed by atoms with E-state index in [9.17, 15) is 4.79 Å². The highest BCUT2D eigenvalue weighted by molar-refractivity contribution is 7.15. The van der Waals surface area contributed by atoms with Crippen LogP contribution >= 0.6 is 11.3 Å². The van der Waals surface area contributed by atoms with Crippen molar-refractivity contribution in [3.05, 3.63) is 23.2 Å².